The van der Waals surface area contributed by atoms with Crippen LogP contribution in [0.4, 0.5) is 19.0 Å². The summed E-state index contributed by atoms with van der Waals surface area (Å²) < 4.78 is 37.7. The van der Waals surface area contributed by atoms with E-state index in [0.29, 0.717) is 12.5 Å². The highest BCUT2D eigenvalue weighted by molar-refractivity contribution is 5.86. The normalized spacial score (nSPS) is 12.0. The molecule has 4 N–H and O–H groups in total. The maximum atomic E-state index is 11.7. The van der Waals surface area contributed by atoms with Gasteiger partial charge in [0.1, 0.15) is 11.6 Å². The Kier molecular flexibility index (Phi) is 10.7. The molecule has 0 radical (unpaired) electrons. The van der Waals surface area contributed by atoms with E-state index in [9.17, 15) is 23.1 Å². The Hall–Kier alpha value is -4.54. The number of carboxylic acid groups (broad SMARTS) is 2. The molecular formula is C30H32F3N3O5. The van der Waals surface area contributed by atoms with E-state index in [1.807, 2.05) is 42.6 Å². The van der Waals surface area contributed by atoms with Crippen LogP contribution in [-0.2, 0) is 9.59 Å². The number of halogens is 3. The van der Waals surface area contributed by atoms with Crippen molar-refractivity contribution in [3.8, 4) is 5.75 Å². The minimum Gasteiger partial charge on any atom is -0.493 e. The number of H-pyrrole nitrogens is 1. The first kappa shape index (κ1) is 31.0. The summed E-state index contributed by atoms with van der Waals surface area (Å²) in [5.41, 5.74) is 4.18. The second-order valence-electron chi connectivity index (χ2n) is 9.57. The lowest BCUT2D eigenvalue weighted by Gasteiger charge is -2.16. The average Bonchev–Trinajstić information content (AvgIpc) is 3.35. The van der Waals surface area contributed by atoms with Crippen molar-refractivity contribution in [2.45, 2.75) is 44.7 Å². The number of ether oxygens (including phenoxy) is 1. The molecule has 0 bridgehead atoms. The molecule has 0 aliphatic rings. The zero-order valence-electron chi connectivity index (χ0n) is 22.6. The summed E-state index contributed by atoms with van der Waals surface area (Å²) >= 11 is 0. The second-order valence-corrected chi connectivity index (χ2v) is 9.57. The molecule has 8 nitrogen and oxygen atoms in total. The Morgan fingerprint density at radius 1 is 1.02 bits per heavy atom. The van der Waals surface area contributed by atoms with Crippen LogP contribution in [0.5, 0.6) is 5.75 Å². The third-order valence-electron chi connectivity index (χ3n) is 6.25. The predicted molar refractivity (Wildman–Crippen MR) is 149 cm³/mol. The quantitative estimate of drug-likeness (QED) is 0.146. The molecule has 0 fully saturated rings. The summed E-state index contributed by atoms with van der Waals surface area (Å²) in [5.74, 6) is -1.72. The number of aliphatic carboxylic acids is 2. The third-order valence-corrected chi connectivity index (χ3v) is 6.25. The second kappa shape index (κ2) is 14.2. The van der Waals surface area contributed by atoms with Crippen molar-refractivity contribution in [3.05, 3.63) is 89.7 Å². The summed E-state index contributed by atoms with van der Waals surface area (Å²) in [6.07, 6.45) is -0.511. The monoisotopic (exact) mass is 571 g/mol. The molecule has 41 heavy (non-hydrogen) atoms. The number of aromatic nitrogens is 2. The van der Waals surface area contributed by atoms with E-state index in [1.54, 1.807) is 6.20 Å². The van der Waals surface area contributed by atoms with Gasteiger partial charge in [-0.25, -0.2) is 9.78 Å². The lowest BCUT2D eigenvalue weighted by Crippen LogP contribution is -2.21. The molecule has 0 aliphatic carbocycles. The number of nitrogens with zero attached hydrogens (tertiary/aromatic N) is 1. The van der Waals surface area contributed by atoms with E-state index < -0.39 is 18.1 Å². The van der Waals surface area contributed by atoms with Crippen molar-refractivity contribution in [1.29, 1.82) is 0 Å². The Morgan fingerprint density at radius 3 is 2.29 bits per heavy atom. The lowest BCUT2D eigenvalue weighted by molar-refractivity contribution is -0.192. The average molecular weight is 572 g/mol. The van der Waals surface area contributed by atoms with Crippen molar-refractivity contribution in [1.82, 2.24) is 9.97 Å². The largest absolute Gasteiger partial charge is 0.493 e. The standard InChI is InChI=1S/C28H31N3O3.C2HF3O2/c1-19(2)20-7-9-21(10-8-20)24(17-28(32)33)25-18-31-26-16-22(11-12-23(25)26)34-15-5-14-30-27-6-3-4-13-29-27;3-2(4,5)1(6)7/h3-4,6-13,16,18-19,24,31H,5,14-15,17H2,1-2H3,(H,29,30)(H,32,33);(H,6,7). The van der Waals surface area contributed by atoms with Gasteiger partial charge in [0.2, 0.25) is 0 Å². The molecular weight excluding hydrogens is 539 g/mol. The van der Waals surface area contributed by atoms with Gasteiger partial charge in [0.15, 0.2) is 0 Å². The third kappa shape index (κ3) is 9.26. The molecule has 0 amide bonds. The SMILES string of the molecule is CC(C)c1ccc(C(CC(=O)O)c2c[nH]c3cc(OCCCNc4ccccn4)ccc23)cc1.O=C(O)C(F)(F)F. The van der Waals surface area contributed by atoms with Gasteiger partial charge in [-0.15, -0.1) is 0 Å². The van der Waals surface area contributed by atoms with E-state index >= 15 is 0 Å². The molecule has 218 valence electrons. The maximum Gasteiger partial charge on any atom is 0.490 e. The Bertz CT molecular complexity index is 1420. The summed E-state index contributed by atoms with van der Waals surface area (Å²) in [6.45, 7) is 5.67. The van der Waals surface area contributed by atoms with Crippen LogP contribution in [0.1, 0.15) is 55.2 Å². The molecule has 2 heterocycles. The Morgan fingerprint density at radius 2 is 1.71 bits per heavy atom. The molecule has 1 unspecified atom stereocenters. The molecule has 11 heteroatoms. The van der Waals surface area contributed by atoms with Crippen LogP contribution < -0.4 is 10.1 Å². The smallest absolute Gasteiger partial charge is 0.490 e. The van der Waals surface area contributed by atoms with Gasteiger partial charge in [-0.05, 0) is 53.3 Å². The number of hydrogen-bond donors (Lipinski definition) is 4. The number of rotatable bonds is 11. The summed E-state index contributed by atoms with van der Waals surface area (Å²) in [4.78, 5) is 28.1. The summed E-state index contributed by atoms with van der Waals surface area (Å²) in [7, 11) is 0. The summed E-state index contributed by atoms with van der Waals surface area (Å²) in [5, 5.41) is 21.0. The van der Waals surface area contributed by atoms with Crippen molar-refractivity contribution in [2.75, 3.05) is 18.5 Å². The zero-order valence-corrected chi connectivity index (χ0v) is 22.6. The number of fused-ring (bicyclic) bond motifs is 1. The van der Waals surface area contributed by atoms with Crippen LogP contribution in [0.15, 0.2) is 73.1 Å². The van der Waals surface area contributed by atoms with Gasteiger partial charge in [-0.2, -0.15) is 13.2 Å². The van der Waals surface area contributed by atoms with Gasteiger partial charge in [-0.1, -0.05) is 44.2 Å². The van der Waals surface area contributed by atoms with E-state index in [4.69, 9.17) is 14.6 Å². The van der Waals surface area contributed by atoms with E-state index in [0.717, 1.165) is 46.6 Å². The molecule has 1 atom stereocenters. The van der Waals surface area contributed by atoms with Crippen molar-refractivity contribution in [3.63, 3.8) is 0 Å². The van der Waals surface area contributed by atoms with Crippen molar-refractivity contribution >= 4 is 28.7 Å². The fourth-order valence-corrected chi connectivity index (χ4v) is 4.15. The topological polar surface area (TPSA) is 125 Å². The van der Waals surface area contributed by atoms with Gasteiger partial charge in [0, 0.05) is 41.8 Å². The number of alkyl halides is 3. The number of anilines is 1. The molecule has 2 aromatic carbocycles. The van der Waals surface area contributed by atoms with E-state index in [2.05, 4.69) is 53.4 Å². The Balaban J connectivity index is 0.000000587. The zero-order chi connectivity index (χ0) is 30.0. The minimum absolute atomic E-state index is 0.0372. The number of carbonyl (C=O) groups is 2. The number of nitrogens with one attached hydrogen (secondary N) is 2. The van der Waals surface area contributed by atoms with Crippen molar-refractivity contribution in [2.24, 2.45) is 0 Å². The first-order valence-corrected chi connectivity index (χ1v) is 13.0. The first-order valence-electron chi connectivity index (χ1n) is 13.0. The number of benzene rings is 2. The molecule has 0 saturated carbocycles. The van der Waals surface area contributed by atoms with Gasteiger partial charge in [0.25, 0.3) is 0 Å². The molecule has 4 aromatic rings. The van der Waals surface area contributed by atoms with Crippen LogP contribution in [0.2, 0.25) is 0 Å². The minimum atomic E-state index is -5.08. The van der Waals surface area contributed by atoms with E-state index in [1.165, 1.54) is 5.56 Å². The van der Waals surface area contributed by atoms with E-state index in [-0.39, 0.29) is 12.3 Å². The number of carboxylic acids is 2. The fraction of sp³-hybridized carbons (Fsp3) is 0.300. The van der Waals surface area contributed by atoms with Gasteiger partial charge < -0.3 is 25.3 Å². The Labute approximate surface area is 235 Å². The van der Waals surface area contributed by atoms with Crippen LogP contribution in [0.25, 0.3) is 10.9 Å². The summed E-state index contributed by atoms with van der Waals surface area (Å²) in [6, 6.07) is 20.0. The van der Waals surface area contributed by atoms with Crippen LogP contribution in [-0.4, -0.2) is 51.4 Å². The molecule has 0 spiro atoms. The fourth-order valence-electron chi connectivity index (χ4n) is 4.15. The lowest BCUT2D eigenvalue weighted by atomic mass is 9.87. The van der Waals surface area contributed by atoms with Crippen LogP contribution in [0.3, 0.4) is 0 Å². The molecule has 0 aliphatic heterocycles. The molecule has 4 rings (SSSR count). The first-order chi connectivity index (χ1) is 19.5. The highest BCUT2D eigenvalue weighted by Gasteiger charge is 2.38. The number of aromatic amines is 1. The van der Waals surface area contributed by atoms with Gasteiger partial charge >= 0.3 is 18.1 Å². The maximum absolute atomic E-state index is 11.7. The molecule has 2 aromatic heterocycles. The van der Waals surface area contributed by atoms with Gasteiger partial charge in [-0.3, -0.25) is 4.79 Å². The predicted octanol–water partition coefficient (Wildman–Crippen LogP) is 6.81. The van der Waals surface area contributed by atoms with Gasteiger partial charge in [0.05, 0.1) is 13.0 Å². The molecule has 0 saturated heterocycles. The highest BCUT2D eigenvalue weighted by Crippen LogP contribution is 2.35. The van der Waals surface area contributed by atoms with Crippen LogP contribution in [0, 0.1) is 0 Å². The number of pyridine rings is 1. The highest BCUT2D eigenvalue weighted by atomic mass is 19.4. The van der Waals surface area contributed by atoms with Crippen LogP contribution >= 0.6 is 0 Å². The number of hydrogen-bond acceptors (Lipinski definition) is 5. The van der Waals surface area contributed by atoms with Crippen molar-refractivity contribution < 1.29 is 37.7 Å².